The summed E-state index contributed by atoms with van der Waals surface area (Å²) in [5, 5.41) is 10.5. The maximum atomic E-state index is 12.1. The van der Waals surface area contributed by atoms with Gasteiger partial charge in [0.15, 0.2) is 5.96 Å². The molecule has 6 nitrogen and oxygen atoms in total. The predicted octanol–water partition coefficient (Wildman–Crippen LogP) is 3.06. The van der Waals surface area contributed by atoms with E-state index in [-0.39, 0.29) is 0 Å². The van der Waals surface area contributed by atoms with Crippen molar-refractivity contribution in [3.05, 3.63) is 17.5 Å². The lowest BCUT2D eigenvalue weighted by Gasteiger charge is -2.33. The molecule has 3 rings (SSSR count). The lowest BCUT2D eigenvalue weighted by Crippen LogP contribution is -2.48. The lowest BCUT2D eigenvalue weighted by molar-refractivity contribution is -0.130. The van der Waals surface area contributed by atoms with Crippen molar-refractivity contribution in [2.45, 2.75) is 57.9 Å². The molecular weight excluding hydrogens is 370 g/mol. The van der Waals surface area contributed by atoms with Crippen molar-refractivity contribution in [1.82, 2.24) is 15.5 Å². The third-order valence-corrected chi connectivity index (χ3v) is 6.45. The molecule has 0 aromatic carbocycles. The Labute approximate surface area is 173 Å². The van der Waals surface area contributed by atoms with Crippen LogP contribution in [0.2, 0.25) is 0 Å². The summed E-state index contributed by atoms with van der Waals surface area (Å²) in [7, 11) is 0. The molecule has 0 atom stereocenters. The molecule has 156 valence electrons. The number of likely N-dealkylation sites (tertiary alicyclic amines) is 1. The van der Waals surface area contributed by atoms with Gasteiger partial charge in [0.25, 0.3) is 0 Å². The second-order valence-electron chi connectivity index (χ2n) is 7.66. The Morgan fingerprint density at radius 3 is 2.86 bits per heavy atom. The largest absolute Gasteiger partial charge is 0.363 e. The van der Waals surface area contributed by atoms with Gasteiger partial charge in [-0.05, 0) is 56.5 Å². The van der Waals surface area contributed by atoms with Crippen LogP contribution >= 0.6 is 11.3 Å². The van der Waals surface area contributed by atoms with Crippen LogP contribution in [0.15, 0.2) is 22.5 Å². The summed E-state index contributed by atoms with van der Waals surface area (Å²) in [6.07, 6.45) is 7.28. The van der Waals surface area contributed by atoms with E-state index in [0.29, 0.717) is 11.9 Å². The van der Waals surface area contributed by atoms with E-state index in [9.17, 15) is 4.79 Å². The Hall–Kier alpha value is -1.76. The molecule has 2 aliphatic rings. The van der Waals surface area contributed by atoms with E-state index >= 15 is 0 Å². The van der Waals surface area contributed by atoms with Crippen molar-refractivity contribution in [1.29, 1.82) is 0 Å². The molecule has 2 aliphatic heterocycles. The standard InChI is InChI=1S/C21H35N5OS/c1-2-22-21(23-12-7-14-25-13-5-3-4-8-19(25)27)24-18-10-15-26(16-11-18)20-9-6-17-28-20/h6,9,17-18H,2-5,7-8,10-16H2,1H3,(H2,22,23,24). The van der Waals surface area contributed by atoms with Crippen LogP contribution in [-0.2, 0) is 4.79 Å². The number of thiophene rings is 1. The van der Waals surface area contributed by atoms with Crippen LogP contribution in [0.25, 0.3) is 0 Å². The van der Waals surface area contributed by atoms with Crippen molar-refractivity contribution in [2.24, 2.45) is 4.99 Å². The Morgan fingerprint density at radius 2 is 2.11 bits per heavy atom. The average Bonchev–Trinajstić information content (AvgIpc) is 3.17. The molecule has 2 fully saturated rings. The number of hydrogen-bond donors (Lipinski definition) is 2. The molecule has 3 heterocycles. The fourth-order valence-corrected chi connectivity index (χ4v) is 4.72. The molecule has 0 spiro atoms. The Balaban J connectivity index is 1.41. The van der Waals surface area contributed by atoms with Gasteiger partial charge in [-0.15, -0.1) is 11.3 Å². The summed E-state index contributed by atoms with van der Waals surface area (Å²) in [5.41, 5.74) is 0. The van der Waals surface area contributed by atoms with Crippen molar-refractivity contribution >= 4 is 28.2 Å². The summed E-state index contributed by atoms with van der Waals surface area (Å²) in [4.78, 5) is 21.3. The predicted molar refractivity (Wildman–Crippen MR) is 118 cm³/mol. The minimum absolute atomic E-state index is 0.323. The van der Waals surface area contributed by atoms with Crippen LogP contribution in [0.3, 0.4) is 0 Å². The highest BCUT2D eigenvalue weighted by atomic mass is 32.1. The normalized spacial score (nSPS) is 19.6. The molecule has 0 bridgehead atoms. The number of carbonyl (C=O) groups excluding carboxylic acids is 1. The van der Waals surface area contributed by atoms with Gasteiger partial charge in [-0.25, -0.2) is 0 Å². The number of anilines is 1. The fraction of sp³-hybridized carbons (Fsp3) is 0.714. The molecule has 7 heteroatoms. The third-order valence-electron chi connectivity index (χ3n) is 5.53. The molecule has 1 amide bonds. The van der Waals surface area contributed by atoms with E-state index in [4.69, 9.17) is 4.99 Å². The summed E-state index contributed by atoms with van der Waals surface area (Å²) in [6, 6.07) is 4.81. The van der Waals surface area contributed by atoms with Crippen molar-refractivity contribution in [3.63, 3.8) is 0 Å². The second-order valence-corrected chi connectivity index (χ2v) is 8.59. The number of aliphatic imine (C=N–C) groups is 1. The number of carbonyl (C=O) groups is 1. The third kappa shape index (κ3) is 6.40. The van der Waals surface area contributed by atoms with E-state index < -0.39 is 0 Å². The zero-order chi connectivity index (χ0) is 19.6. The summed E-state index contributed by atoms with van der Waals surface area (Å²) in [5.74, 6) is 1.24. The van der Waals surface area contributed by atoms with Gasteiger partial charge in [0.05, 0.1) is 5.00 Å². The molecule has 0 radical (unpaired) electrons. The number of nitrogens with one attached hydrogen (secondary N) is 2. The van der Waals surface area contributed by atoms with E-state index in [2.05, 4.69) is 40.0 Å². The maximum absolute atomic E-state index is 12.1. The number of hydrogen-bond acceptors (Lipinski definition) is 4. The minimum atomic E-state index is 0.323. The molecular formula is C21H35N5OS. The molecule has 0 saturated carbocycles. The molecule has 2 saturated heterocycles. The van der Waals surface area contributed by atoms with Crippen LogP contribution in [0.1, 0.15) is 51.9 Å². The number of nitrogens with zero attached hydrogens (tertiary/aromatic N) is 3. The van der Waals surface area contributed by atoms with Crippen LogP contribution in [0.5, 0.6) is 0 Å². The van der Waals surface area contributed by atoms with E-state index in [0.717, 1.165) is 83.8 Å². The lowest BCUT2D eigenvalue weighted by atomic mass is 10.1. The highest BCUT2D eigenvalue weighted by Gasteiger charge is 2.20. The molecule has 2 N–H and O–H groups in total. The molecule has 28 heavy (non-hydrogen) atoms. The van der Waals surface area contributed by atoms with Gasteiger partial charge in [-0.2, -0.15) is 0 Å². The monoisotopic (exact) mass is 405 g/mol. The molecule has 0 unspecified atom stereocenters. The van der Waals surface area contributed by atoms with E-state index in [1.54, 1.807) is 0 Å². The smallest absolute Gasteiger partial charge is 0.222 e. The van der Waals surface area contributed by atoms with Crippen molar-refractivity contribution < 1.29 is 4.79 Å². The summed E-state index contributed by atoms with van der Waals surface area (Å²) in [6.45, 7) is 7.66. The van der Waals surface area contributed by atoms with E-state index in [1.807, 2.05) is 16.2 Å². The van der Waals surface area contributed by atoms with Crippen molar-refractivity contribution in [3.8, 4) is 0 Å². The van der Waals surface area contributed by atoms with Crippen LogP contribution in [-0.4, -0.2) is 62.1 Å². The first-order chi connectivity index (χ1) is 13.8. The zero-order valence-corrected chi connectivity index (χ0v) is 18.0. The quantitative estimate of drug-likeness (QED) is 0.416. The number of amides is 1. The average molecular weight is 406 g/mol. The first-order valence-corrected chi connectivity index (χ1v) is 11.8. The number of piperidine rings is 1. The topological polar surface area (TPSA) is 60.0 Å². The summed E-state index contributed by atoms with van der Waals surface area (Å²) < 4.78 is 0. The van der Waals surface area contributed by atoms with Gasteiger partial charge >= 0.3 is 0 Å². The van der Waals surface area contributed by atoms with Crippen molar-refractivity contribution in [2.75, 3.05) is 44.2 Å². The maximum Gasteiger partial charge on any atom is 0.222 e. The fourth-order valence-electron chi connectivity index (χ4n) is 3.93. The van der Waals surface area contributed by atoms with Crippen LogP contribution in [0.4, 0.5) is 5.00 Å². The van der Waals surface area contributed by atoms with Gasteiger partial charge in [0.1, 0.15) is 0 Å². The zero-order valence-electron chi connectivity index (χ0n) is 17.2. The molecule has 1 aromatic rings. The number of guanidine groups is 1. The highest BCUT2D eigenvalue weighted by molar-refractivity contribution is 7.14. The highest BCUT2D eigenvalue weighted by Crippen LogP contribution is 2.24. The van der Waals surface area contributed by atoms with Gasteiger partial charge in [0.2, 0.25) is 5.91 Å². The SMILES string of the molecule is CCNC(=NCCCN1CCCCCC1=O)NC1CCN(c2cccs2)CC1. The van der Waals surface area contributed by atoms with Gasteiger partial charge in [0, 0.05) is 51.7 Å². The second kappa shape index (κ2) is 11.3. The van der Waals surface area contributed by atoms with Crippen LogP contribution < -0.4 is 15.5 Å². The Kier molecular flexibility index (Phi) is 8.45. The first kappa shape index (κ1) is 21.0. The Morgan fingerprint density at radius 1 is 1.25 bits per heavy atom. The molecule has 1 aromatic heterocycles. The van der Waals surface area contributed by atoms with Gasteiger partial charge in [-0.1, -0.05) is 6.42 Å². The molecule has 0 aliphatic carbocycles. The van der Waals surface area contributed by atoms with Gasteiger partial charge < -0.3 is 20.4 Å². The summed E-state index contributed by atoms with van der Waals surface area (Å²) >= 11 is 1.82. The minimum Gasteiger partial charge on any atom is -0.363 e. The Bertz CT molecular complexity index is 610. The first-order valence-electron chi connectivity index (χ1n) is 10.9. The van der Waals surface area contributed by atoms with E-state index in [1.165, 1.54) is 11.4 Å². The van der Waals surface area contributed by atoms with Crippen LogP contribution in [0, 0.1) is 0 Å². The van der Waals surface area contributed by atoms with Gasteiger partial charge in [-0.3, -0.25) is 9.79 Å². The number of rotatable bonds is 7.